The summed E-state index contributed by atoms with van der Waals surface area (Å²) < 4.78 is 5.40. The number of hydrogen-bond acceptors (Lipinski definition) is 3. The Hall–Kier alpha value is -0.770. The molecule has 1 fully saturated rings. The molecule has 4 heteroatoms. The van der Waals surface area contributed by atoms with Crippen LogP contribution in [0.3, 0.4) is 0 Å². The lowest BCUT2D eigenvalue weighted by Crippen LogP contribution is -2.40. The van der Waals surface area contributed by atoms with Gasteiger partial charge >= 0.3 is 6.09 Å². The van der Waals surface area contributed by atoms with E-state index < -0.39 is 0 Å². The molecule has 1 rings (SSSR count). The SMILES string of the molecule is CCN(C)C(=O)OC1CCCCCC1N. The standard InChI is InChI=1S/C11H22N2O2/c1-3-13(2)11(14)15-10-8-6-4-5-7-9(10)12/h9-10H,3-8,12H2,1-2H3. The smallest absolute Gasteiger partial charge is 0.409 e. The van der Waals surface area contributed by atoms with Crippen molar-refractivity contribution in [3.63, 3.8) is 0 Å². The first-order chi connectivity index (χ1) is 7.15. The van der Waals surface area contributed by atoms with E-state index in [0.29, 0.717) is 6.54 Å². The summed E-state index contributed by atoms with van der Waals surface area (Å²) in [6.07, 6.45) is 5.00. The minimum atomic E-state index is -0.250. The molecular formula is C11H22N2O2. The van der Waals surface area contributed by atoms with Crippen LogP contribution in [0, 0.1) is 0 Å². The lowest BCUT2D eigenvalue weighted by molar-refractivity contribution is 0.0544. The third-order valence-corrected chi connectivity index (χ3v) is 3.04. The van der Waals surface area contributed by atoms with Crippen molar-refractivity contribution in [2.24, 2.45) is 5.73 Å². The van der Waals surface area contributed by atoms with Gasteiger partial charge in [0.05, 0.1) is 0 Å². The first-order valence-corrected chi connectivity index (χ1v) is 5.82. The Labute approximate surface area is 91.8 Å². The second-order valence-electron chi connectivity index (χ2n) is 4.24. The van der Waals surface area contributed by atoms with Crippen LogP contribution in [0.15, 0.2) is 0 Å². The summed E-state index contributed by atoms with van der Waals surface area (Å²) in [6, 6.07) is 0.0155. The quantitative estimate of drug-likeness (QED) is 0.712. The van der Waals surface area contributed by atoms with E-state index in [9.17, 15) is 4.79 Å². The van der Waals surface area contributed by atoms with Gasteiger partial charge in [0, 0.05) is 19.6 Å². The van der Waals surface area contributed by atoms with Gasteiger partial charge in [-0.25, -0.2) is 4.79 Å². The molecule has 0 radical (unpaired) electrons. The van der Waals surface area contributed by atoms with Crippen LogP contribution in [0.2, 0.25) is 0 Å². The van der Waals surface area contributed by atoms with E-state index in [2.05, 4.69) is 0 Å². The summed E-state index contributed by atoms with van der Waals surface area (Å²) in [5.41, 5.74) is 5.97. The molecule has 0 heterocycles. The molecule has 1 saturated carbocycles. The molecule has 15 heavy (non-hydrogen) atoms. The van der Waals surface area contributed by atoms with E-state index >= 15 is 0 Å². The fourth-order valence-electron chi connectivity index (χ4n) is 1.80. The van der Waals surface area contributed by atoms with Crippen LogP contribution in [-0.2, 0) is 4.74 Å². The average molecular weight is 214 g/mol. The highest BCUT2D eigenvalue weighted by Crippen LogP contribution is 2.19. The van der Waals surface area contributed by atoms with Gasteiger partial charge in [-0.05, 0) is 26.2 Å². The largest absolute Gasteiger partial charge is 0.444 e. The topological polar surface area (TPSA) is 55.6 Å². The van der Waals surface area contributed by atoms with Crippen molar-refractivity contribution in [2.75, 3.05) is 13.6 Å². The summed E-state index contributed by atoms with van der Waals surface area (Å²) in [7, 11) is 1.74. The molecule has 0 aromatic carbocycles. The summed E-state index contributed by atoms with van der Waals surface area (Å²) in [5.74, 6) is 0. The van der Waals surface area contributed by atoms with Crippen LogP contribution in [0.5, 0.6) is 0 Å². The second-order valence-corrected chi connectivity index (χ2v) is 4.24. The molecule has 1 amide bonds. The highest BCUT2D eigenvalue weighted by Gasteiger charge is 2.24. The molecule has 2 unspecified atom stereocenters. The number of nitrogens with two attached hydrogens (primary N) is 1. The van der Waals surface area contributed by atoms with E-state index in [1.54, 1.807) is 11.9 Å². The Bertz CT molecular complexity index is 209. The predicted octanol–water partition coefficient (Wildman–Crippen LogP) is 1.73. The van der Waals surface area contributed by atoms with Crippen LogP contribution in [0.1, 0.15) is 39.0 Å². The first kappa shape index (κ1) is 12.3. The Morgan fingerprint density at radius 1 is 1.40 bits per heavy atom. The molecule has 0 saturated heterocycles. The maximum Gasteiger partial charge on any atom is 0.409 e. The lowest BCUT2D eigenvalue weighted by Gasteiger charge is -2.24. The first-order valence-electron chi connectivity index (χ1n) is 5.82. The van der Waals surface area contributed by atoms with E-state index in [1.165, 1.54) is 6.42 Å². The number of amides is 1. The number of carbonyl (C=O) groups excluding carboxylic acids is 1. The van der Waals surface area contributed by atoms with Crippen molar-refractivity contribution in [3.8, 4) is 0 Å². The van der Waals surface area contributed by atoms with Crippen molar-refractivity contribution < 1.29 is 9.53 Å². The highest BCUT2D eigenvalue weighted by molar-refractivity contribution is 5.67. The van der Waals surface area contributed by atoms with Gasteiger partial charge in [-0.15, -0.1) is 0 Å². The Morgan fingerprint density at radius 2 is 2.07 bits per heavy atom. The summed E-state index contributed by atoms with van der Waals surface area (Å²) in [5, 5.41) is 0. The number of rotatable bonds is 2. The van der Waals surface area contributed by atoms with Crippen LogP contribution < -0.4 is 5.73 Å². The van der Waals surface area contributed by atoms with Gasteiger partial charge < -0.3 is 15.4 Å². The van der Waals surface area contributed by atoms with Crippen molar-refractivity contribution in [2.45, 2.75) is 51.2 Å². The fraction of sp³-hybridized carbons (Fsp3) is 0.909. The van der Waals surface area contributed by atoms with Gasteiger partial charge in [0.2, 0.25) is 0 Å². The van der Waals surface area contributed by atoms with Gasteiger partial charge in [0.15, 0.2) is 0 Å². The normalized spacial score (nSPS) is 26.9. The van der Waals surface area contributed by atoms with Crippen molar-refractivity contribution >= 4 is 6.09 Å². The van der Waals surface area contributed by atoms with E-state index in [-0.39, 0.29) is 18.2 Å². The summed E-state index contributed by atoms with van der Waals surface area (Å²) in [4.78, 5) is 13.1. The average Bonchev–Trinajstić information content (AvgIpc) is 2.43. The molecule has 1 aliphatic rings. The Morgan fingerprint density at radius 3 is 2.73 bits per heavy atom. The molecule has 0 bridgehead atoms. The van der Waals surface area contributed by atoms with Crippen LogP contribution >= 0.6 is 0 Å². The Balaban J connectivity index is 2.44. The van der Waals surface area contributed by atoms with Crippen molar-refractivity contribution in [1.82, 2.24) is 4.90 Å². The Kier molecular flexibility index (Phi) is 4.88. The lowest BCUT2D eigenvalue weighted by atomic mass is 10.1. The molecule has 2 N–H and O–H groups in total. The molecule has 0 aliphatic heterocycles. The predicted molar refractivity (Wildman–Crippen MR) is 59.6 cm³/mol. The third kappa shape index (κ3) is 3.70. The van der Waals surface area contributed by atoms with Crippen LogP contribution in [0.25, 0.3) is 0 Å². The van der Waals surface area contributed by atoms with Crippen LogP contribution in [0.4, 0.5) is 4.79 Å². The van der Waals surface area contributed by atoms with Crippen molar-refractivity contribution in [3.05, 3.63) is 0 Å². The van der Waals surface area contributed by atoms with E-state index in [1.807, 2.05) is 6.92 Å². The second kappa shape index (κ2) is 5.95. The van der Waals surface area contributed by atoms with Gasteiger partial charge in [-0.1, -0.05) is 12.8 Å². The molecule has 0 aromatic rings. The number of carbonyl (C=O) groups is 1. The molecule has 4 nitrogen and oxygen atoms in total. The van der Waals surface area contributed by atoms with Gasteiger partial charge in [0.25, 0.3) is 0 Å². The van der Waals surface area contributed by atoms with E-state index in [4.69, 9.17) is 10.5 Å². The molecule has 0 spiro atoms. The zero-order valence-corrected chi connectivity index (χ0v) is 9.74. The molecule has 88 valence electrons. The zero-order valence-electron chi connectivity index (χ0n) is 9.74. The zero-order chi connectivity index (χ0) is 11.3. The van der Waals surface area contributed by atoms with Gasteiger partial charge in [-0.3, -0.25) is 0 Å². The van der Waals surface area contributed by atoms with Gasteiger partial charge in [0.1, 0.15) is 6.10 Å². The monoisotopic (exact) mass is 214 g/mol. The minimum absolute atomic E-state index is 0.0155. The fourth-order valence-corrected chi connectivity index (χ4v) is 1.80. The highest BCUT2D eigenvalue weighted by atomic mass is 16.6. The van der Waals surface area contributed by atoms with E-state index in [0.717, 1.165) is 25.7 Å². The molecule has 2 atom stereocenters. The van der Waals surface area contributed by atoms with Gasteiger partial charge in [-0.2, -0.15) is 0 Å². The summed E-state index contributed by atoms with van der Waals surface area (Å²) in [6.45, 7) is 2.59. The number of ether oxygens (including phenoxy) is 1. The summed E-state index contributed by atoms with van der Waals surface area (Å²) >= 11 is 0. The number of nitrogens with zero attached hydrogens (tertiary/aromatic N) is 1. The molecule has 0 aromatic heterocycles. The number of hydrogen-bond donors (Lipinski definition) is 1. The van der Waals surface area contributed by atoms with Crippen molar-refractivity contribution in [1.29, 1.82) is 0 Å². The maximum absolute atomic E-state index is 11.5. The third-order valence-electron chi connectivity index (χ3n) is 3.04. The minimum Gasteiger partial charge on any atom is -0.444 e. The molecular weight excluding hydrogens is 192 g/mol. The maximum atomic E-state index is 11.5. The van der Waals surface area contributed by atoms with Crippen LogP contribution in [-0.4, -0.2) is 36.7 Å². The molecule has 1 aliphatic carbocycles.